The van der Waals surface area contributed by atoms with E-state index in [-0.39, 0.29) is 22.6 Å². The Morgan fingerprint density at radius 1 is 1.06 bits per heavy atom. The molecule has 0 fully saturated rings. The van der Waals surface area contributed by atoms with E-state index in [9.17, 15) is 9.59 Å². The Kier molecular flexibility index (Phi) is 3.57. The maximum absolute atomic E-state index is 12.4. The highest BCUT2D eigenvalue weighted by Gasteiger charge is 2.33. The van der Waals surface area contributed by atoms with Crippen molar-refractivity contribution < 1.29 is 14.3 Å². The highest BCUT2D eigenvalue weighted by molar-refractivity contribution is 8.04. The smallest absolute Gasteiger partial charge is 0.229 e. The van der Waals surface area contributed by atoms with Crippen molar-refractivity contribution in [3.63, 3.8) is 0 Å². The summed E-state index contributed by atoms with van der Waals surface area (Å²) in [6, 6.07) is 6.85. The second kappa shape index (κ2) is 4.98. The zero-order valence-corrected chi connectivity index (χ0v) is 11.3. The Bertz CT molecular complexity index is 544. The molecule has 0 spiro atoms. The number of methoxy groups -OCH3 is 1. The molecular formula is C14H14O3S. The predicted octanol–water partition coefficient (Wildman–Crippen LogP) is 3.07. The minimum Gasteiger partial charge on any atom is -0.491 e. The van der Waals surface area contributed by atoms with Gasteiger partial charge in [-0.1, -0.05) is 38.1 Å². The third-order valence-electron chi connectivity index (χ3n) is 2.59. The lowest BCUT2D eigenvalue weighted by Gasteiger charge is -2.20. The van der Waals surface area contributed by atoms with Crippen molar-refractivity contribution in [3.8, 4) is 0 Å². The van der Waals surface area contributed by atoms with Crippen LogP contribution in [0, 0.1) is 0 Å². The molecule has 0 saturated carbocycles. The SMILES string of the molecule is COC1=C(SC(C)C)C(=O)c2ccccc2C1=O. The van der Waals surface area contributed by atoms with Crippen LogP contribution in [0.2, 0.25) is 0 Å². The van der Waals surface area contributed by atoms with Gasteiger partial charge in [0, 0.05) is 16.4 Å². The monoisotopic (exact) mass is 262 g/mol. The predicted molar refractivity (Wildman–Crippen MR) is 71.9 cm³/mol. The molecule has 18 heavy (non-hydrogen) atoms. The van der Waals surface area contributed by atoms with Crippen LogP contribution < -0.4 is 0 Å². The second-order valence-electron chi connectivity index (χ2n) is 4.23. The summed E-state index contributed by atoms with van der Waals surface area (Å²) in [7, 11) is 1.43. The lowest BCUT2D eigenvalue weighted by atomic mass is 9.93. The molecule has 0 aromatic heterocycles. The van der Waals surface area contributed by atoms with E-state index in [2.05, 4.69) is 0 Å². The molecule has 1 aromatic carbocycles. The van der Waals surface area contributed by atoms with Gasteiger partial charge in [0.25, 0.3) is 0 Å². The third-order valence-corrected chi connectivity index (χ3v) is 3.67. The summed E-state index contributed by atoms with van der Waals surface area (Å²) in [5.74, 6) is -0.172. The molecule has 0 N–H and O–H groups in total. The van der Waals surface area contributed by atoms with Gasteiger partial charge in [0.1, 0.15) is 4.91 Å². The van der Waals surface area contributed by atoms with Gasteiger partial charge >= 0.3 is 0 Å². The summed E-state index contributed by atoms with van der Waals surface area (Å²) in [6.45, 7) is 3.95. The van der Waals surface area contributed by atoms with Crippen molar-refractivity contribution in [2.45, 2.75) is 19.1 Å². The van der Waals surface area contributed by atoms with Crippen LogP contribution in [0.5, 0.6) is 0 Å². The Hall–Kier alpha value is -1.55. The third kappa shape index (κ3) is 2.08. The average Bonchev–Trinajstić information content (AvgIpc) is 2.36. The van der Waals surface area contributed by atoms with E-state index >= 15 is 0 Å². The number of thioether (sulfide) groups is 1. The van der Waals surface area contributed by atoms with Crippen LogP contribution in [-0.2, 0) is 4.74 Å². The molecule has 0 saturated heterocycles. The number of carbonyl (C=O) groups is 2. The number of hydrogen-bond donors (Lipinski definition) is 0. The minimum absolute atomic E-state index is 0.124. The molecule has 1 aliphatic carbocycles. The molecule has 0 radical (unpaired) electrons. The molecule has 4 heteroatoms. The molecule has 1 aliphatic rings. The van der Waals surface area contributed by atoms with Crippen molar-refractivity contribution in [1.29, 1.82) is 0 Å². The maximum atomic E-state index is 12.4. The van der Waals surface area contributed by atoms with Crippen molar-refractivity contribution in [1.82, 2.24) is 0 Å². The highest BCUT2D eigenvalue weighted by Crippen LogP contribution is 2.34. The summed E-state index contributed by atoms with van der Waals surface area (Å²) in [5.41, 5.74) is 0.888. The van der Waals surface area contributed by atoms with Crippen LogP contribution in [0.4, 0.5) is 0 Å². The van der Waals surface area contributed by atoms with Crippen LogP contribution in [-0.4, -0.2) is 23.9 Å². The Morgan fingerprint density at radius 2 is 1.61 bits per heavy atom. The zero-order valence-electron chi connectivity index (χ0n) is 10.5. The Morgan fingerprint density at radius 3 is 2.11 bits per heavy atom. The summed E-state index contributed by atoms with van der Waals surface area (Å²) in [4.78, 5) is 25.0. The number of carbonyl (C=O) groups excluding carboxylic acids is 2. The summed E-state index contributed by atoms with van der Waals surface area (Å²) < 4.78 is 5.13. The quantitative estimate of drug-likeness (QED) is 0.839. The largest absolute Gasteiger partial charge is 0.491 e. The van der Waals surface area contributed by atoms with Gasteiger partial charge in [0.05, 0.1) is 7.11 Å². The van der Waals surface area contributed by atoms with E-state index in [0.717, 1.165) is 0 Å². The van der Waals surface area contributed by atoms with Crippen molar-refractivity contribution >= 4 is 23.3 Å². The van der Waals surface area contributed by atoms with E-state index in [1.54, 1.807) is 24.3 Å². The molecule has 1 aromatic rings. The zero-order chi connectivity index (χ0) is 13.3. The number of ether oxygens (including phenoxy) is 1. The van der Waals surface area contributed by atoms with Crippen LogP contribution in [0.1, 0.15) is 34.6 Å². The van der Waals surface area contributed by atoms with E-state index in [1.807, 2.05) is 13.8 Å². The molecule has 0 amide bonds. The van der Waals surface area contributed by atoms with Crippen molar-refractivity contribution in [2.75, 3.05) is 7.11 Å². The number of hydrogen-bond acceptors (Lipinski definition) is 4. The fraction of sp³-hybridized carbons (Fsp3) is 0.286. The molecule has 2 rings (SSSR count). The van der Waals surface area contributed by atoms with Crippen LogP contribution in [0.3, 0.4) is 0 Å². The van der Waals surface area contributed by atoms with Gasteiger partial charge in [-0.3, -0.25) is 9.59 Å². The molecule has 3 nitrogen and oxygen atoms in total. The maximum Gasteiger partial charge on any atom is 0.229 e. The summed E-state index contributed by atoms with van der Waals surface area (Å²) in [5, 5.41) is 0.215. The van der Waals surface area contributed by atoms with Gasteiger partial charge in [-0.25, -0.2) is 0 Å². The molecule has 0 unspecified atom stereocenters. The van der Waals surface area contributed by atoms with Gasteiger partial charge in [0.15, 0.2) is 5.76 Å². The number of benzene rings is 1. The number of Topliss-reactive ketones (excluding diaryl/α,β-unsaturated/α-hetero) is 2. The van der Waals surface area contributed by atoms with Crippen molar-refractivity contribution in [3.05, 3.63) is 46.1 Å². The first kappa shape index (κ1) is 12.9. The van der Waals surface area contributed by atoms with Gasteiger partial charge in [-0.15, -0.1) is 11.8 Å². The van der Waals surface area contributed by atoms with Crippen LogP contribution >= 0.6 is 11.8 Å². The summed E-state index contributed by atoms with van der Waals surface area (Å²) in [6.07, 6.45) is 0. The molecule has 94 valence electrons. The number of ketones is 2. The van der Waals surface area contributed by atoms with Gasteiger partial charge in [0.2, 0.25) is 11.6 Å². The molecular weight excluding hydrogens is 248 g/mol. The molecule has 0 heterocycles. The number of fused-ring (bicyclic) bond motifs is 1. The van der Waals surface area contributed by atoms with Crippen molar-refractivity contribution in [2.24, 2.45) is 0 Å². The fourth-order valence-electron chi connectivity index (χ4n) is 1.86. The van der Waals surface area contributed by atoms with Gasteiger partial charge in [-0.2, -0.15) is 0 Å². The van der Waals surface area contributed by atoms with Crippen LogP contribution in [0.15, 0.2) is 34.9 Å². The average molecular weight is 262 g/mol. The van der Waals surface area contributed by atoms with E-state index in [4.69, 9.17) is 4.74 Å². The summed E-state index contributed by atoms with van der Waals surface area (Å²) >= 11 is 1.37. The standard InChI is InChI=1S/C14H14O3S/c1-8(2)18-14-12(16)10-7-5-4-6-9(10)11(15)13(14)17-3/h4-8H,1-3H3. The molecule has 0 atom stereocenters. The Balaban J connectivity index is 2.57. The normalized spacial score (nSPS) is 15.1. The molecule has 0 bridgehead atoms. The first-order valence-electron chi connectivity index (χ1n) is 5.69. The van der Waals surface area contributed by atoms with Gasteiger partial charge < -0.3 is 4.74 Å². The first-order chi connectivity index (χ1) is 8.56. The fourth-order valence-corrected chi connectivity index (χ4v) is 2.83. The second-order valence-corrected chi connectivity index (χ2v) is 5.82. The lowest BCUT2D eigenvalue weighted by Crippen LogP contribution is -2.22. The Labute approximate surface area is 110 Å². The van der Waals surface area contributed by atoms with Gasteiger partial charge in [-0.05, 0) is 0 Å². The van der Waals surface area contributed by atoms with E-state index in [1.165, 1.54) is 18.9 Å². The highest BCUT2D eigenvalue weighted by atomic mass is 32.2. The number of rotatable bonds is 3. The van der Waals surface area contributed by atoms with Crippen LogP contribution in [0.25, 0.3) is 0 Å². The topological polar surface area (TPSA) is 43.4 Å². The van der Waals surface area contributed by atoms with E-state index < -0.39 is 0 Å². The molecule has 0 aliphatic heterocycles. The first-order valence-corrected chi connectivity index (χ1v) is 6.57. The minimum atomic E-state index is -0.212. The lowest BCUT2D eigenvalue weighted by molar-refractivity contribution is 0.0913. The number of allylic oxidation sites excluding steroid dienone is 2. The van der Waals surface area contributed by atoms with E-state index in [0.29, 0.717) is 16.0 Å².